The van der Waals surface area contributed by atoms with Crippen LogP contribution in [-0.2, 0) is 0 Å². The van der Waals surface area contributed by atoms with Gasteiger partial charge in [-0.2, -0.15) is 13.2 Å². The maximum Gasteiger partial charge on any atom is 0.406 e. The minimum atomic E-state index is -4.49. The van der Waals surface area contributed by atoms with Crippen molar-refractivity contribution in [2.75, 3.05) is 13.2 Å². The number of halogens is 3. The Hall–Kier alpha value is -2.07. The SMILES string of the molecule is CC(C)N(CC(F)(F)F)C(=O)c1ncccc1C#CCO. The molecule has 1 aromatic heterocycles. The van der Waals surface area contributed by atoms with Crippen molar-refractivity contribution in [3.63, 3.8) is 0 Å². The number of rotatable bonds is 3. The number of aromatic nitrogens is 1. The van der Waals surface area contributed by atoms with E-state index in [1.54, 1.807) is 0 Å². The molecule has 1 N–H and O–H groups in total. The fourth-order valence-corrected chi connectivity index (χ4v) is 1.63. The second kappa shape index (κ2) is 7.09. The Bertz CT molecular complexity index is 559. The summed E-state index contributed by atoms with van der Waals surface area (Å²) in [7, 11) is 0. The third kappa shape index (κ3) is 5.08. The van der Waals surface area contributed by atoms with E-state index in [-0.39, 0.29) is 11.3 Å². The van der Waals surface area contributed by atoms with Crippen molar-refractivity contribution in [3.05, 3.63) is 29.6 Å². The van der Waals surface area contributed by atoms with Gasteiger partial charge in [-0.05, 0) is 26.0 Å². The average molecular weight is 300 g/mol. The molecular formula is C14H15F3N2O2. The number of amides is 1. The molecule has 0 spiro atoms. The summed E-state index contributed by atoms with van der Waals surface area (Å²) < 4.78 is 37.7. The molecule has 1 amide bonds. The van der Waals surface area contributed by atoms with E-state index < -0.39 is 31.3 Å². The molecule has 0 saturated heterocycles. The monoisotopic (exact) mass is 300 g/mol. The van der Waals surface area contributed by atoms with Gasteiger partial charge in [0.05, 0.1) is 5.56 Å². The number of aliphatic hydroxyl groups excluding tert-OH is 1. The third-order valence-corrected chi connectivity index (χ3v) is 2.55. The van der Waals surface area contributed by atoms with Gasteiger partial charge in [0, 0.05) is 12.2 Å². The second-order valence-corrected chi connectivity index (χ2v) is 4.50. The van der Waals surface area contributed by atoms with E-state index in [0.29, 0.717) is 4.90 Å². The molecule has 0 saturated carbocycles. The predicted molar refractivity (Wildman–Crippen MR) is 70.4 cm³/mol. The zero-order valence-electron chi connectivity index (χ0n) is 11.6. The summed E-state index contributed by atoms with van der Waals surface area (Å²) in [4.78, 5) is 16.8. The van der Waals surface area contributed by atoms with Crippen LogP contribution in [0.25, 0.3) is 0 Å². The van der Waals surface area contributed by atoms with Gasteiger partial charge in [-0.25, -0.2) is 4.98 Å². The highest BCUT2D eigenvalue weighted by Gasteiger charge is 2.35. The van der Waals surface area contributed by atoms with Crippen LogP contribution in [0.4, 0.5) is 13.2 Å². The molecule has 0 radical (unpaired) electrons. The quantitative estimate of drug-likeness (QED) is 0.867. The minimum Gasteiger partial charge on any atom is -0.384 e. The molecular weight excluding hydrogens is 285 g/mol. The molecule has 0 unspecified atom stereocenters. The second-order valence-electron chi connectivity index (χ2n) is 4.50. The average Bonchev–Trinajstić information content (AvgIpc) is 2.41. The molecule has 4 nitrogen and oxygen atoms in total. The molecule has 1 rings (SSSR count). The van der Waals surface area contributed by atoms with E-state index in [9.17, 15) is 18.0 Å². The lowest BCUT2D eigenvalue weighted by molar-refractivity contribution is -0.143. The Morgan fingerprint density at radius 1 is 1.48 bits per heavy atom. The molecule has 0 aliphatic rings. The molecule has 0 fully saturated rings. The molecule has 21 heavy (non-hydrogen) atoms. The number of carbonyl (C=O) groups is 1. The van der Waals surface area contributed by atoms with E-state index in [0.717, 1.165) is 0 Å². The van der Waals surface area contributed by atoms with Crippen LogP contribution in [0.1, 0.15) is 29.9 Å². The van der Waals surface area contributed by atoms with Gasteiger partial charge in [0.2, 0.25) is 0 Å². The Labute approximate surface area is 120 Å². The third-order valence-electron chi connectivity index (χ3n) is 2.55. The summed E-state index contributed by atoms with van der Waals surface area (Å²) in [6.45, 7) is 1.21. The Morgan fingerprint density at radius 3 is 2.67 bits per heavy atom. The Kier molecular flexibility index (Phi) is 5.73. The van der Waals surface area contributed by atoms with Gasteiger partial charge in [0.1, 0.15) is 18.8 Å². The van der Waals surface area contributed by atoms with Crippen molar-refractivity contribution >= 4 is 5.91 Å². The van der Waals surface area contributed by atoms with Gasteiger partial charge in [-0.15, -0.1) is 0 Å². The molecule has 0 atom stereocenters. The van der Waals surface area contributed by atoms with Crippen molar-refractivity contribution in [2.24, 2.45) is 0 Å². The predicted octanol–water partition coefficient (Wildman–Crippen LogP) is 1.84. The van der Waals surface area contributed by atoms with E-state index in [1.165, 1.54) is 32.2 Å². The zero-order chi connectivity index (χ0) is 16.0. The normalized spacial score (nSPS) is 11.0. The molecule has 0 aromatic carbocycles. The number of alkyl halides is 3. The van der Waals surface area contributed by atoms with Crippen LogP contribution in [0.2, 0.25) is 0 Å². The molecule has 1 heterocycles. The number of nitrogens with zero attached hydrogens (tertiary/aromatic N) is 2. The van der Waals surface area contributed by atoms with Crippen LogP contribution >= 0.6 is 0 Å². The summed E-state index contributed by atoms with van der Waals surface area (Å²) in [5.41, 5.74) is 0.0285. The maximum atomic E-state index is 12.6. The Morgan fingerprint density at radius 2 is 2.14 bits per heavy atom. The van der Waals surface area contributed by atoms with Gasteiger partial charge >= 0.3 is 6.18 Å². The van der Waals surface area contributed by atoms with Crippen LogP contribution in [0.15, 0.2) is 18.3 Å². The fourth-order valence-electron chi connectivity index (χ4n) is 1.63. The van der Waals surface area contributed by atoms with E-state index in [1.807, 2.05) is 0 Å². The van der Waals surface area contributed by atoms with Gasteiger partial charge in [-0.1, -0.05) is 11.8 Å². The first-order valence-corrected chi connectivity index (χ1v) is 6.18. The van der Waals surface area contributed by atoms with Crippen LogP contribution in [-0.4, -0.2) is 46.3 Å². The first kappa shape index (κ1) is 17.0. The highest BCUT2D eigenvalue weighted by Crippen LogP contribution is 2.20. The highest BCUT2D eigenvalue weighted by molar-refractivity contribution is 5.95. The van der Waals surface area contributed by atoms with Crippen molar-refractivity contribution in [1.29, 1.82) is 0 Å². The number of carbonyl (C=O) groups excluding carboxylic acids is 1. The standard InChI is InChI=1S/C14H15F3N2O2/c1-10(2)19(9-14(15,16)17)13(21)12-11(6-4-8-20)5-3-7-18-12/h3,5,7,10,20H,8-9H2,1-2H3. The number of hydrogen-bond donors (Lipinski definition) is 1. The van der Waals surface area contributed by atoms with Crippen LogP contribution in [0.3, 0.4) is 0 Å². The van der Waals surface area contributed by atoms with Crippen molar-refractivity contribution in [1.82, 2.24) is 9.88 Å². The van der Waals surface area contributed by atoms with Crippen LogP contribution in [0, 0.1) is 11.8 Å². The lowest BCUT2D eigenvalue weighted by atomic mass is 10.1. The summed E-state index contributed by atoms with van der Waals surface area (Å²) in [5.74, 6) is 4.02. The summed E-state index contributed by atoms with van der Waals surface area (Å²) >= 11 is 0. The lowest BCUT2D eigenvalue weighted by Crippen LogP contribution is -2.43. The van der Waals surface area contributed by atoms with Crippen molar-refractivity contribution in [3.8, 4) is 11.8 Å². The number of aliphatic hydroxyl groups is 1. The van der Waals surface area contributed by atoms with E-state index >= 15 is 0 Å². The maximum absolute atomic E-state index is 12.6. The molecule has 0 aliphatic carbocycles. The van der Waals surface area contributed by atoms with Crippen LogP contribution in [0.5, 0.6) is 0 Å². The van der Waals surface area contributed by atoms with Gasteiger partial charge in [-0.3, -0.25) is 4.79 Å². The number of pyridine rings is 1. The molecule has 0 bridgehead atoms. The molecule has 0 aliphatic heterocycles. The lowest BCUT2D eigenvalue weighted by Gasteiger charge is -2.27. The van der Waals surface area contributed by atoms with E-state index in [2.05, 4.69) is 16.8 Å². The number of hydrogen-bond acceptors (Lipinski definition) is 3. The minimum absolute atomic E-state index is 0.156. The van der Waals surface area contributed by atoms with Gasteiger partial charge in [0.25, 0.3) is 5.91 Å². The molecule has 1 aromatic rings. The van der Waals surface area contributed by atoms with Crippen molar-refractivity contribution < 1.29 is 23.1 Å². The summed E-state index contributed by atoms with van der Waals surface area (Å²) in [6, 6.07) is 2.34. The smallest absolute Gasteiger partial charge is 0.384 e. The first-order valence-electron chi connectivity index (χ1n) is 6.18. The van der Waals surface area contributed by atoms with Crippen LogP contribution < -0.4 is 0 Å². The summed E-state index contributed by atoms with van der Waals surface area (Å²) in [6.07, 6.45) is -3.19. The molecule has 114 valence electrons. The summed E-state index contributed by atoms with van der Waals surface area (Å²) in [5, 5.41) is 8.67. The topological polar surface area (TPSA) is 53.4 Å². The van der Waals surface area contributed by atoms with Gasteiger partial charge < -0.3 is 10.0 Å². The first-order chi connectivity index (χ1) is 9.76. The Balaban J connectivity index is 3.16. The fraction of sp³-hybridized carbons (Fsp3) is 0.429. The zero-order valence-corrected chi connectivity index (χ0v) is 11.6. The highest BCUT2D eigenvalue weighted by atomic mass is 19.4. The van der Waals surface area contributed by atoms with Crippen molar-refractivity contribution in [2.45, 2.75) is 26.1 Å². The molecule has 7 heteroatoms. The largest absolute Gasteiger partial charge is 0.406 e. The van der Waals surface area contributed by atoms with E-state index in [4.69, 9.17) is 5.11 Å². The van der Waals surface area contributed by atoms with Gasteiger partial charge in [0.15, 0.2) is 0 Å².